The van der Waals surface area contributed by atoms with Crippen molar-refractivity contribution in [2.24, 2.45) is 0 Å². The van der Waals surface area contributed by atoms with Crippen molar-refractivity contribution in [1.29, 1.82) is 0 Å². The summed E-state index contributed by atoms with van der Waals surface area (Å²) in [5, 5.41) is 15.6. The van der Waals surface area contributed by atoms with E-state index in [1.54, 1.807) is 0 Å². The van der Waals surface area contributed by atoms with Gasteiger partial charge in [-0.15, -0.1) is 22.7 Å². The Labute approximate surface area is 319 Å². The summed E-state index contributed by atoms with van der Waals surface area (Å²) in [4.78, 5) is 0. The highest BCUT2D eigenvalue weighted by atomic mass is 32.1. The van der Waals surface area contributed by atoms with Crippen molar-refractivity contribution >= 4 is 106 Å². The van der Waals surface area contributed by atoms with E-state index in [1.807, 2.05) is 22.7 Å². The molecule has 12 rings (SSSR count). The monoisotopic (exact) mass is 718 g/mol. The quantitative estimate of drug-likeness (QED) is 0.160. The molecule has 0 amide bonds. The van der Waals surface area contributed by atoms with Crippen molar-refractivity contribution in [3.8, 4) is 33.4 Å². The predicted octanol–water partition coefficient (Wildman–Crippen LogP) is 16.0. The Morgan fingerprint density at radius 1 is 0.278 bits per heavy atom. The van der Waals surface area contributed by atoms with Gasteiger partial charge in [-0.1, -0.05) is 158 Å². The third-order valence-corrected chi connectivity index (χ3v) is 13.8. The minimum atomic E-state index is 1.24. The molecule has 0 saturated heterocycles. The Morgan fingerprint density at radius 3 is 1.46 bits per heavy atom. The van der Waals surface area contributed by atoms with Crippen LogP contribution in [0, 0.1) is 0 Å². The van der Waals surface area contributed by atoms with Gasteiger partial charge >= 0.3 is 0 Å². The summed E-state index contributed by atoms with van der Waals surface area (Å²) >= 11 is 3.88. The van der Waals surface area contributed by atoms with Crippen molar-refractivity contribution in [2.45, 2.75) is 0 Å². The molecule has 10 aromatic carbocycles. The summed E-state index contributed by atoms with van der Waals surface area (Å²) in [7, 11) is 0. The molecule has 0 aliphatic rings. The lowest BCUT2D eigenvalue weighted by Gasteiger charge is -2.20. The lowest BCUT2D eigenvalue weighted by atomic mass is 9.83. The van der Waals surface area contributed by atoms with Gasteiger partial charge in [-0.25, -0.2) is 0 Å². The maximum absolute atomic E-state index is 2.52. The van der Waals surface area contributed by atoms with Gasteiger partial charge in [-0.05, 0) is 95.2 Å². The SMILES string of the molecule is c1ccc(-c2ccc(-c3c4ccccc4c(-c4cc5c6ccccc6sc5c5c4sc4cc6ccccc6cc45)c4ccccc34)c3ccccc23)cc1. The first-order chi connectivity index (χ1) is 26.8. The molecule has 0 saturated carbocycles. The number of thiophene rings is 2. The molecule has 250 valence electrons. The Bertz CT molecular complexity index is 3430. The molecule has 0 unspecified atom stereocenters. The topological polar surface area (TPSA) is 0 Å². The molecule has 2 aromatic heterocycles. The first-order valence-corrected chi connectivity index (χ1v) is 20.1. The van der Waals surface area contributed by atoms with Crippen LogP contribution in [0.5, 0.6) is 0 Å². The van der Waals surface area contributed by atoms with Crippen molar-refractivity contribution in [1.82, 2.24) is 0 Å². The van der Waals surface area contributed by atoms with Gasteiger partial charge < -0.3 is 0 Å². The third-order valence-electron chi connectivity index (χ3n) is 11.4. The zero-order valence-electron chi connectivity index (χ0n) is 29.1. The molecule has 0 N–H and O–H groups in total. The number of fused-ring (bicyclic) bond motifs is 11. The van der Waals surface area contributed by atoms with E-state index in [4.69, 9.17) is 0 Å². The molecule has 54 heavy (non-hydrogen) atoms. The number of hydrogen-bond acceptors (Lipinski definition) is 2. The number of benzene rings is 10. The summed E-state index contributed by atoms with van der Waals surface area (Å²) < 4.78 is 5.42. The number of rotatable bonds is 3. The van der Waals surface area contributed by atoms with Gasteiger partial charge in [0.05, 0.1) is 0 Å². The summed E-state index contributed by atoms with van der Waals surface area (Å²) in [6, 6.07) is 67.7. The molecular weight excluding hydrogens is 689 g/mol. The average Bonchev–Trinajstić information content (AvgIpc) is 3.80. The molecule has 2 heteroatoms. The molecule has 0 atom stereocenters. The third kappa shape index (κ3) is 4.30. The van der Waals surface area contributed by atoms with Crippen LogP contribution in [0.1, 0.15) is 0 Å². The van der Waals surface area contributed by atoms with Crippen LogP contribution in [-0.2, 0) is 0 Å². The largest absolute Gasteiger partial charge is 0.134 e. The molecule has 0 aliphatic heterocycles. The highest BCUT2D eigenvalue weighted by molar-refractivity contribution is 7.30. The van der Waals surface area contributed by atoms with Crippen LogP contribution in [-0.4, -0.2) is 0 Å². The van der Waals surface area contributed by atoms with E-state index >= 15 is 0 Å². The highest BCUT2D eigenvalue weighted by Crippen LogP contribution is 2.53. The molecule has 0 radical (unpaired) electrons. The Morgan fingerprint density at radius 2 is 0.778 bits per heavy atom. The zero-order valence-corrected chi connectivity index (χ0v) is 30.8. The normalized spacial score (nSPS) is 12.1. The van der Waals surface area contributed by atoms with Gasteiger partial charge in [0.2, 0.25) is 0 Å². The molecule has 0 spiro atoms. The van der Waals surface area contributed by atoms with Gasteiger partial charge in [-0.3, -0.25) is 0 Å². The van der Waals surface area contributed by atoms with Crippen molar-refractivity contribution in [2.75, 3.05) is 0 Å². The summed E-state index contributed by atoms with van der Waals surface area (Å²) in [5.41, 5.74) is 7.69. The maximum atomic E-state index is 2.52. The molecule has 0 fully saturated rings. The highest BCUT2D eigenvalue weighted by Gasteiger charge is 2.23. The second kappa shape index (κ2) is 11.6. The van der Waals surface area contributed by atoms with Crippen LogP contribution in [0.2, 0.25) is 0 Å². The fraction of sp³-hybridized carbons (Fsp3) is 0. The maximum Gasteiger partial charge on any atom is 0.0449 e. The van der Waals surface area contributed by atoms with E-state index in [-0.39, 0.29) is 0 Å². The Hall–Kier alpha value is -6.32. The van der Waals surface area contributed by atoms with E-state index in [0.717, 1.165) is 0 Å². The second-order valence-corrected chi connectivity index (χ2v) is 16.4. The zero-order chi connectivity index (χ0) is 35.3. The smallest absolute Gasteiger partial charge is 0.0449 e. The van der Waals surface area contributed by atoms with Crippen LogP contribution in [0.4, 0.5) is 0 Å². The van der Waals surface area contributed by atoms with E-state index in [0.29, 0.717) is 0 Å². The first kappa shape index (κ1) is 30.2. The van der Waals surface area contributed by atoms with E-state index in [1.165, 1.54) is 117 Å². The molecule has 0 nitrogen and oxygen atoms in total. The Kier molecular flexibility index (Phi) is 6.48. The van der Waals surface area contributed by atoms with Crippen LogP contribution in [0.15, 0.2) is 182 Å². The molecular formula is C52H30S2. The standard InChI is InChI=1S/C52H30S2/c1-2-14-31(15-3-1)34-26-27-42(36-19-7-6-18-35(34)36)48-38-21-8-10-23-40(38)49(41-24-11-9-22-39(41)48)45-30-43-37-20-12-13-25-46(37)53-51(43)50-44-28-32-16-4-5-17-33(32)29-47(44)54-52(45)50/h1-30H. The molecule has 2 heterocycles. The lowest BCUT2D eigenvalue weighted by molar-refractivity contribution is 1.64. The van der Waals surface area contributed by atoms with Crippen molar-refractivity contribution in [3.05, 3.63) is 182 Å². The van der Waals surface area contributed by atoms with E-state index in [9.17, 15) is 0 Å². The van der Waals surface area contributed by atoms with E-state index in [2.05, 4.69) is 182 Å². The van der Waals surface area contributed by atoms with E-state index < -0.39 is 0 Å². The predicted molar refractivity (Wildman–Crippen MR) is 239 cm³/mol. The number of hydrogen-bond donors (Lipinski definition) is 0. The van der Waals surface area contributed by atoms with Gasteiger partial charge in [0, 0.05) is 45.9 Å². The minimum absolute atomic E-state index is 1.24. The first-order valence-electron chi connectivity index (χ1n) is 18.5. The summed E-state index contributed by atoms with van der Waals surface area (Å²) in [5.74, 6) is 0. The van der Waals surface area contributed by atoms with Gasteiger partial charge in [0.25, 0.3) is 0 Å². The average molecular weight is 719 g/mol. The molecule has 0 aliphatic carbocycles. The lowest BCUT2D eigenvalue weighted by Crippen LogP contribution is -1.92. The van der Waals surface area contributed by atoms with Gasteiger partial charge in [0.15, 0.2) is 0 Å². The van der Waals surface area contributed by atoms with Gasteiger partial charge in [-0.2, -0.15) is 0 Å². The fourth-order valence-electron chi connectivity index (χ4n) is 9.08. The second-order valence-electron chi connectivity index (χ2n) is 14.3. The minimum Gasteiger partial charge on any atom is -0.134 e. The summed E-state index contributed by atoms with van der Waals surface area (Å²) in [6.07, 6.45) is 0. The van der Waals surface area contributed by atoms with Crippen LogP contribution in [0.25, 0.3) is 117 Å². The molecule has 0 bridgehead atoms. The van der Waals surface area contributed by atoms with Crippen LogP contribution >= 0.6 is 22.7 Å². The van der Waals surface area contributed by atoms with Crippen LogP contribution < -0.4 is 0 Å². The molecule has 12 aromatic rings. The fourth-order valence-corrected chi connectivity index (χ4v) is 11.7. The van der Waals surface area contributed by atoms with Crippen molar-refractivity contribution in [3.63, 3.8) is 0 Å². The van der Waals surface area contributed by atoms with Crippen LogP contribution in [0.3, 0.4) is 0 Å². The van der Waals surface area contributed by atoms with Crippen molar-refractivity contribution < 1.29 is 0 Å². The van der Waals surface area contributed by atoms with Gasteiger partial charge in [0.1, 0.15) is 0 Å². The Balaban J connectivity index is 1.24. The summed E-state index contributed by atoms with van der Waals surface area (Å²) in [6.45, 7) is 0.